The van der Waals surface area contributed by atoms with E-state index in [1.807, 2.05) is 11.6 Å². The van der Waals surface area contributed by atoms with Gasteiger partial charge in [0.1, 0.15) is 5.76 Å². The van der Waals surface area contributed by atoms with Gasteiger partial charge < -0.3 is 23.9 Å². The van der Waals surface area contributed by atoms with Crippen LogP contribution in [-0.2, 0) is 33.6 Å². The topological polar surface area (TPSA) is 87.8 Å². The standard InChI is InChI=1S/C21H27N3O5/c1-13-18-17(29-20(13)21(25)22-9-16-12-26-7-8-28-16)5-4-14-10-24(23-19(14)18)11-15-3-2-6-27-15/h10,15-16H,2-9,11-12H2,1H3,(H,22,25)/t15-,16-/m1/s1. The Hall–Kier alpha value is -2.16. The van der Waals surface area contributed by atoms with Crippen molar-refractivity contribution in [2.24, 2.45) is 0 Å². The molecule has 2 fully saturated rings. The predicted molar refractivity (Wildman–Crippen MR) is 104 cm³/mol. The molecule has 0 unspecified atom stereocenters. The van der Waals surface area contributed by atoms with E-state index in [0.29, 0.717) is 32.1 Å². The maximum absolute atomic E-state index is 12.7. The lowest BCUT2D eigenvalue weighted by Gasteiger charge is -2.22. The van der Waals surface area contributed by atoms with Crippen molar-refractivity contribution in [1.29, 1.82) is 0 Å². The lowest BCUT2D eigenvalue weighted by Crippen LogP contribution is -2.39. The maximum atomic E-state index is 12.7. The van der Waals surface area contributed by atoms with Gasteiger partial charge in [0.05, 0.1) is 44.3 Å². The number of nitrogens with one attached hydrogen (secondary N) is 1. The Morgan fingerprint density at radius 1 is 1.24 bits per heavy atom. The minimum Gasteiger partial charge on any atom is -0.455 e. The molecule has 0 radical (unpaired) electrons. The van der Waals surface area contributed by atoms with Crippen LogP contribution in [-0.4, -0.2) is 60.9 Å². The molecule has 2 aromatic heterocycles. The molecular weight excluding hydrogens is 374 g/mol. The first-order chi connectivity index (χ1) is 14.2. The molecule has 4 heterocycles. The summed E-state index contributed by atoms with van der Waals surface area (Å²) >= 11 is 0. The first-order valence-electron chi connectivity index (χ1n) is 10.5. The minimum absolute atomic E-state index is 0.113. The Labute approximate surface area is 169 Å². The largest absolute Gasteiger partial charge is 0.455 e. The summed E-state index contributed by atoms with van der Waals surface area (Å²) in [5, 5.41) is 7.73. The Bertz CT molecular complexity index is 891. The Morgan fingerprint density at radius 3 is 2.93 bits per heavy atom. The lowest BCUT2D eigenvalue weighted by molar-refractivity contribution is -0.0856. The molecular formula is C21H27N3O5. The molecule has 156 valence electrons. The molecule has 2 aromatic rings. The number of aryl methyl sites for hydroxylation is 2. The van der Waals surface area contributed by atoms with E-state index in [-0.39, 0.29) is 18.1 Å². The number of furan rings is 1. The zero-order chi connectivity index (χ0) is 19.8. The van der Waals surface area contributed by atoms with Gasteiger partial charge in [0.2, 0.25) is 0 Å². The van der Waals surface area contributed by atoms with Gasteiger partial charge in [-0.15, -0.1) is 0 Å². The third kappa shape index (κ3) is 3.72. The zero-order valence-electron chi connectivity index (χ0n) is 16.7. The molecule has 3 aliphatic rings. The molecule has 1 N–H and O–H groups in total. The number of nitrogens with zero attached hydrogens (tertiary/aromatic N) is 2. The average Bonchev–Trinajstić information content (AvgIpc) is 3.46. The van der Waals surface area contributed by atoms with E-state index in [2.05, 4.69) is 11.5 Å². The first kappa shape index (κ1) is 18.8. The van der Waals surface area contributed by atoms with Gasteiger partial charge >= 0.3 is 0 Å². The van der Waals surface area contributed by atoms with E-state index < -0.39 is 0 Å². The number of rotatable bonds is 5. The number of hydrogen-bond donors (Lipinski definition) is 1. The summed E-state index contributed by atoms with van der Waals surface area (Å²) in [7, 11) is 0. The third-order valence-electron chi connectivity index (χ3n) is 5.91. The van der Waals surface area contributed by atoms with Crippen LogP contribution in [0.4, 0.5) is 0 Å². The molecule has 0 aromatic carbocycles. The van der Waals surface area contributed by atoms with Gasteiger partial charge in [0, 0.05) is 36.9 Å². The minimum atomic E-state index is -0.216. The highest BCUT2D eigenvalue weighted by Crippen LogP contribution is 2.38. The second-order valence-electron chi connectivity index (χ2n) is 7.99. The van der Waals surface area contributed by atoms with Gasteiger partial charge in [-0.1, -0.05) is 0 Å². The van der Waals surface area contributed by atoms with E-state index >= 15 is 0 Å². The van der Waals surface area contributed by atoms with Crippen molar-refractivity contribution < 1.29 is 23.4 Å². The Kier molecular flexibility index (Phi) is 5.15. The van der Waals surface area contributed by atoms with Crippen molar-refractivity contribution >= 4 is 5.91 Å². The molecule has 1 aliphatic carbocycles. The molecule has 2 saturated heterocycles. The highest BCUT2D eigenvalue weighted by molar-refractivity contribution is 5.95. The lowest BCUT2D eigenvalue weighted by atomic mass is 9.93. The molecule has 29 heavy (non-hydrogen) atoms. The molecule has 1 amide bonds. The van der Waals surface area contributed by atoms with Crippen molar-refractivity contribution in [2.75, 3.05) is 33.0 Å². The van der Waals surface area contributed by atoms with E-state index in [0.717, 1.165) is 61.4 Å². The van der Waals surface area contributed by atoms with Crippen LogP contribution in [0.25, 0.3) is 11.3 Å². The van der Waals surface area contributed by atoms with Crippen LogP contribution in [0.5, 0.6) is 0 Å². The van der Waals surface area contributed by atoms with Gasteiger partial charge in [-0.3, -0.25) is 9.48 Å². The summed E-state index contributed by atoms with van der Waals surface area (Å²) in [5.74, 6) is 0.999. The second-order valence-corrected chi connectivity index (χ2v) is 7.99. The maximum Gasteiger partial charge on any atom is 0.287 e. The van der Waals surface area contributed by atoms with E-state index in [1.165, 1.54) is 5.56 Å². The molecule has 8 nitrogen and oxygen atoms in total. The summed E-state index contributed by atoms with van der Waals surface area (Å²) in [5.41, 5.74) is 3.97. The summed E-state index contributed by atoms with van der Waals surface area (Å²) in [6.07, 6.45) is 6.10. The smallest absolute Gasteiger partial charge is 0.287 e. The zero-order valence-corrected chi connectivity index (χ0v) is 16.7. The Morgan fingerprint density at radius 2 is 2.14 bits per heavy atom. The first-order valence-corrected chi connectivity index (χ1v) is 10.5. The van der Waals surface area contributed by atoms with Crippen LogP contribution in [0, 0.1) is 6.92 Å². The number of hydrogen-bond acceptors (Lipinski definition) is 6. The fraction of sp³-hybridized carbons (Fsp3) is 0.619. The fourth-order valence-electron chi connectivity index (χ4n) is 4.41. The molecule has 2 aliphatic heterocycles. The molecule has 2 atom stereocenters. The third-order valence-corrected chi connectivity index (χ3v) is 5.91. The van der Waals surface area contributed by atoms with Crippen molar-refractivity contribution in [3.05, 3.63) is 28.8 Å². The van der Waals surface area contributed by atoms with Crippen LogP contribution in [0.15, 0.2) is 10.6 Å². The monoisotopic (exact) mass is 401 g/mol. The van der Waals surface area contributed by atoms with E-state index in [9.17, 15) is 4.79 Å². The highest BCUT2D eigenvalue weighted by Gasteiger charge is 2.30. The van der Waals surface area contributed by atoms with Crippen LogP contribution >= 0.6 is 0 Å². The fourth-order valence-corrected chi connectivity index (χ4v) is 4.41. The van der Waals surface area contributed by atoms with Crippen LogP contribution in [0.3, 0.4) is 0 Å². The molecule has 0 saturated carbocycles. The predicted octanol–water partition coefficient (Wildman–Crippen LogP) is 1.87. The van der Waals surface area contributed by atoms with Gasteiger partial charge in [-0.25, -0.2) is 0 Å². The number of carbonyl (C=O) groups excluding carboxylic acids is 1. The number of fused-ring (bicyclic) bond motifs is 3. The van der Waals surface area contributed by atoms with Gasteiger partial charge in [0.25, 0.3) is 5.91 Å². The quantitative estimate of drug-likeness (QED) is 0.823. The summed E-state index contributed by atoms with van der Waals surface area (Å²) in [6.45, 7) is 5.63. The number of aromatic nitrogens is 2. The van der Waals surface area contributed by atoms with Gasteiger partial charge in [-0.05, 0) is 31.7 Å². The van der Waals surface area contributed by atoms with E-state index in [4.69, 9.17) is 23.7 Å². The molecule has 8 heteroatoms. The molecule has 5 rings (SSSR count). The Balaban J connectivity index is 1.33. The summed E-state index contributed by atoms with van der Waals surface area (Å²) < 4.78 is 24.7. The number of carbonyl (C=O) groups is 1. The average molecular weight is 401 g/mol. The van der Waals surface area contributed by atoms with Crippen molar-refractivity contribution in [3.63, 3.8) is 0 Å². The SMILES string of the molecule is Cc1c(C(=O)NC[C@@H]2COCCO2)oc2c1-c1nn(C[C@H]3CCCO3)cc1CC2. The summed E-state index contributed by atoms with van der Waals surface area (Å²) in [6, 6.07) is 0. The van der Waals surface area contributed by atoms with Crippen molar-refractivity contribution in [3.8, 4) is 11.3 Å². The number of amides is 1. The molecule has 0 spiro atoms. The van der Waals surface area contributed by atoms with Gasteiger partial charge in [0.15, 0.2) is 5.76 Å². The second kappa shape index (κ2) is 7.93. The summed E-state index contributed by atoms with van der Waals surface area (Å²) in [4.78, 5) is 12.7. The van der Waals surface area contributed by atoms with Gasteiger partial charge in [-0.2, -0.15) is 5.10 Å². The normalized spacial score (nSPS) is 23.6. The van der Waals surface area contributed by atoms with Crippen LogP contribution < -0.4 is 5.32 Å². The highest BCUT2D eigenvalue weighted by atomic mass is 16.6. The van der Waals surface area contributed by atoms with Crippen molar-refractivity contribution in [1.82, 2.24) is 15.1 Å². The van der Waals surface area contributed by atoms with Crippen LogP contribution in [0.2, 0.25) is 0 Å². The molecule has 0 bridgehead atoms. The van der Waals surface area contributed by atoms with E-state index in [1.54, 1.807) is 0 Å². The van der Waals surface area contributed by atoms with Crippen molar-refractivity contribution in [2.45, 2.75) is 51.4 Å². The number of ether oxygens (including phenoxy) is 3. The van der Waals surface area contributed by atoms with Crippen LogP contribution in [0.1, 0.15) is 40.3 Å².